The molecule has 0 amide bonds. The van der Waals surface area contributed by atoms with E-state index in [4.69, 9.17) is 14.2 Å². The minimum Gasteiger partial charge on any atom is -0.472 e. The number of rotatable bonds is 4. The van der Waals surface area contributed by atoms with Crippen LogP contribution in [0.3, 0.4) is 0 Å². The molecule has 0 aromatic heterocycles. The fourth-order valence-electron chi connectivity index (χ4n) is 1.31. The number of carbonyl (C=O) groups excluding carboxylic acids is 2. The van der Waals surface area contributed by atoms with Crippen LogP contribution in [0, 0.1) is 0 Å². The summed E-state index contributed by atoms with van der Waals surface area (Å²) < 4.78 is 15.3. The third-order valence-electron chi connectivity index (χ3n) is 1.93. The number of carbonyl (C=O) groups is 2. The van der Waals surface area contributed by atoms with Crippen LogP contribution in [0.5, 0.6) is 0 Å². The van der Waals surface area contributed by atoms with Crippen LogP contribution in [0.4, 0.5) is 0 Å². The Hall–Kier alpha value is -1.36. The minimum atomic E-state index is -0.565. The summed E-state index contributed by atoms with van der Waals surface area (Å²) in [5.41, 5.74) is 0.321. The van der Waals surface area contributed by atoms with Crippen LogP contribution in [0.2, 0.25) is 0 Å². The van der Waals surface area contributed by atoms with Gasteiger partial charge < -0.3 is 14.2 Å². The van der Waals surface area contributed by atoms with Crippen LogP contribution >= 0.6 is 0 Å². The maximum Gasteiger partial charge on any atom is 0.303 e. The van der Waals surface area contributed by atoms with Crippen LogP contribution in [0.15, 0.2) is 11.8 Å². The molecule has 0 N–H and O–H groups in total. The molecule has 0 spiro atoms. The highest BCUT2D eigenvalue weighted by molar-refractivity contribution is 5.76. The van der Waals surface area contributed by atoms with Crippen LogP contribution in [-0.2, 0) is 23.8 Å². The Balaban J connectivity index is 2.64. The molecule has 15 heavy (non-hydrogen) atoms. The molecule has 5 nitrogen and oxygen atoms in total. The number of hydrogen-bond donors (Lipinski definition) is 0. The molecule has 0 saturated carbocycles. The first-order valence-electron chi connectivity index (χ1n) is 4.77. The molecule has 1 rings (SSSR count). The summed E-state index contributed by atoms with van der Waals surface area (Å²) in [4.78, 5) is 21.4. The second kappa shape index (κ2) is 5.50. The smallest absolute Gasteiger partial charge is 0.303 e. The molecular formula is C10H14O5. The van der Waals surface area contributed by atoms with Gasteiger partial charge >= 0.3 is 5.97 Å². The van der Waals surface area contributed by atoms with Crippen LogP contribution in [0.25, 0.3) is 0 Å². The van der Waals surface area contributed by atoms with Gasteiger partial charge in [-0.1, -0.05) is 0 Å². The molecule has 0 aliphatic carbocycles. The molecule has 2 atom stereocenters. The van der Waals surface area contributed by atoms with Crippen molar-refractivity contribution in [2.45, 2.75) is 32.7 Å². The molecule has 0 fully saturated rings. The van der Waals surface area contributed by atoms with E-state index in [0.29, 0.717) is 24.9 Å². The fraction of sp³-hybridized carbons (Fsp3) is 0.600. The summed E-state index contributed by atoms with van der Waals surface area (Å²) in [6, 6.07) is 0. The maximum absolute atomic E-state index is 10.8. The van der Waals surface area contributed by atoms with Gasteiger partial charge in [-0.15, -0.1) is 0 Å². The first kappa shape index (κ1) is 11.7. The molecule has 1 aliphatic rings. The van der Waals surface area contributed by atoms with Crippen molar-refractivity contribution in [2.75, 3.05) is 6.61 Å². The summed E-state index contributed by atoms with van der Waals surface area (Å²) in [7, 11) is 0. The third-order valence-corrected chi connectivity index (χ3v) is 1.93. The van der Waals surface area contributed by atoms with Gasteiger partial charge in [0, 0.05) is 13.5 Å². The van der Waals surface area contributed by atoms with Gasteiger partial charge in [0.1, 0.15) is 6.10 Å². The molecule has 1 heterocycles. The molecule has 0 unspecified atom stereocenters. The fourth-order valence-corrected chi connectivity index (χ4v) is 1.31. The van der Waals surface area contributed by atoms with Crippen molar-refractivity contribution in [3.05, 3.63) is 11.8 Å². The summed E-state index contributed by atoms with van der Waals surface area (Å²) in [6.45, 7) is 3.64. The molecule has 0 aromatic carbocycles. The highest BCUT2D eigenvalue weighted by Gasteiger charge is 2.27. The van der Waals surface area contributed by atoms with E-state index in [0.717, 1.165) is 0 Å². The molecular weight excluding hydrogens is 200 g/mol. The summed E-state index contributed by atoms with van der Waals surface area (Å²) in [6.07, 6.45) is 1.23. The molecule has 84 valence electrons. The number of hydrogen-bond acceptors (Lipinski definition) is 5. The Kier molecular flexibility index (Phi) is 4.30. The lowest BCUT2D eigenvalue weighted by molar-refractivity contribution is -0.159. The molecule has 0 radical (unpaired) electrons. The first-order valence-corrected chi connectivity index (χ1v) is 4.77. The van der Waals surface area contributed by atoms with Crippen molar-refractivity contribution >= 4 is 12.3 Å². The van der Waals surface area contributed by atoms with Gasteiger partial charge in [0.25, 0.3) is 0 Å². The Morgan fingerprint density at radius 2 is 2.47 bits per heavy atom. The van der Waals surface area contributed by atoms with Crippen molar-refractivity contribution in [3.63, 3.8) is 0 Å². The number of esters is 1. The molecule has 0 bridgehead atoms. The molecule has 0 saturated heterocycles. The van der Waals surface area contributed by atoms with Crippen molar-refractivity contribution < 1.29 is 23.8 Å². The zero-order valence-electron chi connectivity index (χ0n) is 8.76. The molecule has 5 heteroatoms. The Morgan fingerprint density at radius 1 is 1.73 bits per heavy atom. The average molecular weight is 214 g/mol. The molecule has 0 aromatic rings. The lowest BCUT2D eigenvalue weighted by Crippen LogP contribution is -2.32. The quantitative estimate of drug-likeness (QED) is 0.511. The van der Waals surface area contributed by atoms with Crippen molar-refractivity contribution in [2.24, 2.45) is 0 Å². The van der Waals surface area contributed by atoms with Crippen LogP contribution in [0.1, 0.15) is 20.3 Å². The van der Waals surface area contributed by atoms with Crippen molar-refractivity contribution in [1.82, 2.24) is 0 Å². The highest BCUT2D eigenvalue weighted by Crippen LogP contribution is 2.20. The summed E-state index contributed by atoms with van der Waals surface area (Å²) in [5.74, 6) is -0.426. The Morgan fingerprint density at radius 3 is 3.00 bits per heavy atom. The zero-order valence-corrected chi connectivity index (χ0v) is 8.76. The minimum absolute atomic E-state index is 0.321. The van der Waals surface area contributed by atoms with Gasteiger partial charge in [-0.25, -0.2) is 0 Å². The van der Waals surface area contributed by atoms with E-state index in [2.05, 4.69) is 0 Å². The number of aldehydes is 1. The van der Waals surface area contributed by atoms with E-state index in [9.17, 15) is 9.59 Å². The maximum atomic E-state index is 10.8. The lowest BCUT2D eigenvalue weighted by Gasteiger charge is -2.27. The average Bonchev–Trinajstić information content (AvgIpc) is 2.18. The second-order valence-corrected chi connectivity index (χ2v) is 3.09. The normalized spacial score (nSPS) is 25.1. The van der Waals surface area contributed by atoms with Gasteiger partial charge in [0.05, 0.1) is 18.3 Å². The third kappa shape index (κ3) is 3.36. The van der Waals surface area contributed by atoms with Crippen molar-refractivity contribution in [1.29, 1.82) is 0 Å². The van der Waals surface area contributed by atoms with Gasteiger partial charge in [-0.05, 0) is 6.92 Å². The number of ether oxygens (including phenoxy) is 3. The van der Waals surface area contributed by atoms with E-state index in [1.165, 1.54) is 13.2 Å². The Labute approximate surface area is 88.0 Å². The van der Waals surface area contributed by atoms with E-state index < -0.39 is 18.4 Å². The van der Waals surface area contributed by atoms with E-state index >= 15 is 0 Å². The molecule has 1 aliphatic heterocycles. The van der Waals surface area contributed by atoms with Gasteiger partial charge in [0.15, 0.2) is 6.29 Å². The van der Waals surface area contributed by atoms with E-state index in [1.54, 1.807) is 0 Å². The van der Waals surface area contributed by atoms with Crippen LogP contribution in [-0.4, -0.2) is 31.3 Å². The predicted molar refractivity (Wildman–Crippen MR) is 50.8 cm³/mol. The lowest BCUT2D eigenvalue weighted by atomic mass is 10.1. The van der Waals surface area contributed by atoms with Gasteiger partial charge in [0.2, 0.25) is 6.29 Å². The zero-order chi connectivity index (χ0) is 11.3. The first-order chi connectivity index (χ1) is 7.17. The summed E-state index contributed by atoms with van der Waals surface area (Å²) in [5, 5.41) is 0. The van der Waals surface area contributed by atoms with E-state index in [1.807, 2.05) is 6.92 Å². The monoisotopic (exact) mass is 214 g/mol. The highest BCUT2D eigenvalue weighted by atomic mass is 16.7. The van der Waals surface area contributed by atoms with E-state index in [-0.39, 0.29) is 0 Å². The largest absolute Gasteiger partial charge is 0.472 e. The second-order valence-electron chi connectivity index (χ2n) is 3.09. The van der Waals surface area contributed by atoms with Gasteiger partial charge in [-0.2, -0.15) is 0 Å². The summed E-state index contributed by atoms with van der Waals surface area (Å²) >= 11 is 0. The Bertz CT molecular complexity index is 271. The topological polar surface area (TPSA) is 61.8 Å². The predicted octanol–water partition coefficient (Wildman–Crippen LogP) is 0.784. The van der Waals surface area contributed by atoms with Crippen LogP contribution < -0.4 is 0 Å². The van der Waals surface area contributed by atoms with Gasteiger partial charge in [-0.3, -0.25) is 9.59 Å². The van der Waals surface area contributed by atoms with Crippen molar-refractivity contribution in [3.8, 4) is 0 Å². The SMILES string of the molecule is CCO[C@H]1C[C@@H](OC(C)=O)C(C=O)=CO1. The standard InChI is InChI=1S/C10H14O5/c1-3-13-10-4-9(15-7(2)12)8(5-11)6-14-10/h5-6,9-10H,3-4H2,1-2H3/t9-,10-/m1/s1.